The van der Waals surface area contributed by atoms with Crippen molar-refractivity contribution in [1.82, 2.24) is 0 Å². The van der Waals surface area contributed by atoms with Gasteiger partial charge in [-0.3, -0.25) is 9.59 Å². The van der Waals surface area contributed by atoms with Gasteiger partial charge in [-0.15, -0.1) is 6.58 Å². The number of aryl methyl sites for hydroxylation is 1. The number of rotatable bonds is 2. The van der Waals surface area contributed by atoms with Crippen molar-refractivity contribution < 1.29 is 14.3 Å². The van der Waals surface area contributed by atoms with E-state index in [4.69, 9.17) is 4.74 Å². The second-order valence-electron chi connectivity index (χ2n) is 8.29. The molecule has 0 radical (unpaired) electrons. The maximum atomic E-state index is 12.6. The van der Waals surface area contributed by atoms with E-state index in [0.717, 1.165) is 38.5 Å². The molecule has 25 heavy (non-hydrogen) atoms. The van der Waals surface area contributed by atoms with Gasteiger partial charge >= 0.3 is 5.97 Å². The highest BCUT2D eigenvalue weighted by Crippen LogP contribution is 2.66. The van der Waals surface area contributed by atoms with E-state index in [1.165, 1.54) is 18.1 Å². The zero-order chi connectivity index (χ0) is 17.8. The number of carbonyl (C=O) groups is 2. The zero-order valence-electron chi connectivity index (χ0n) is 15.1. The molecule has 2 fully saturated rings. The molecule has 2 saturated carbocycles. The fourth-order valence-corrected chi connectivity index (χ4v) is 6.10. The van der Waals surface area contributed by atoms with E-state index in [1.54, 1.807) is 0 Å². The highest BCUT2D eigenvalue weighted by atomic mass is 16.5. The van der Waals surface area contributed by atoms with E-state index >= 15 is 0 Å². The van der Waals surface area contributed by atoms with Crippen LogP contribution in [0.3, 0.4) is 0 Å². The Bertz CT molecular complexity index is 765. The summed E-state index contributed by atoms with van der Waals surface area (Å²) in [7, 11) is 0. The van der Waals surface area contributed by atoms with Crippen LogP contribution in [0.4, 0.5) is 0 Å². The topological polar surface area (TPSA) is 43.4 Å². The van der Waals surface area contributed by atoms with Gasteiger partial charge in [-0.2, -0.15) is 0 Å². The Labute approximate surface area is 149 Å². The molecule has 0 aromatic heterocycles. The number of allylic oxidation sites excluding steroid dienone is 1. The molecule has 0 heterocycles. The minimum atomic E-state index is -0.283. The molecule has 0 amide bonds. The van der Waals surface area contributed by atoms with Gasteiger partial charge in [0, 0.05) is 18.8 Å². The first-order chi connectivity index (χ1) is 11.9. The first kappa shape index (κ1) is 16.6. The van der Waals surface area contributed by atoms with E-state index in [-0.39, 0.29) is 16.8 Å². The number of carbonyl (C=O) groups excluding carboxylic acids is 2. The standard InChI is InChI=1S/C22H26O3/c1-4-22-12-9-15-13-16(25-14(2)23)5-6-17(15)18(22)10-11-21(3)19(22)7-8-20(21)24/h4-6,13,18-19H,1,7-12H2,2-3H3/t18?,19?,21-,22+/m0/s1. The number of Topliss-reactive ketones (excluding diaryl/α,β-unsaturated/α-hetero) is 1. The Morgan fingerprint density at radius 1 is 1.28 bits per heavy atom. The maximum Gasteiger partial charge on any atom is 0.308 e. The number of fused-ring (bicyclic) bond motifs is 5. The third kappa shape index (κ3) is 2.24. The van der Waals surface area contributed by atoms with Crippen LogP contribution >= 0.6 is 0 Å². The normalized spacial score (nSPS) is 36.2. The lowest BCUT2D eigenvalue weighted by Gasteiger charge is -2.56. The van der Waals surface area contributed by atoms with E-state index in [9.17, 15) is 9.59 Å². The average molecular weight is 338 g/mol. The van der Waals surface area contributed by atoms with Crippen molar-refractivity contribution in [1.29, 1.82) is 0 Å². The van der Waals surface area contributed by atoms with Gasteiger partial charge in [0.2, 0.25) is 0 Å². The third-order valence-corrected chi connectivity index (χ3v) is 7.27. The van der Waals surface area contributed by atoms with Gasteiger partial charge in [0.1, 0.15) is 11.5 Å². The number of hydrogen-bond donors (Lipinski definition) is 0. The van der Waals surface area contributed by atoms with Crippen molar-refractivity contribution in [3.63, 3.8) is 0 Å². The molecule has 0 saturated heterocycles. The maximum absolute atomic E-state index is 12.6. The monoisotopic (exact) mass is 338 g/mol. The number of esters is 1. The van der Waals surface area contributed by atoms with Crippen LogP contribution in [0.1, 0.15) is 63.0 Å². The largest absolute Gasteiger partial charge is 0.427 e. The summed E-state index contributed by atoms with van der Waals surface area (Å²) in [6, 6.07) is 6.07. The smallest absolute Gasteiger partial charge is 0.308 e. The summed E-state index contributed by atoms with van der Waals surface area (Å²) in [6.45, 7) is 7.85. The molecule has 1 aromatic carbocycles. The van der Waals surface area contributed by atoms with Crippen LogP contribution in [-0.4, -0.2) is 11.8 Å². The summed E-state index contributed by atoms with van der Waals surface area (Å²) >= 11 is 0. The van der Waals surface area contributed by atoms with Gasteiger partial charge in [-0.25, -0.2) is 0 Å². The summed E-state index contributed by atoms with van der Waals surface area (Å²) in [4.78, 5) is 23.8. The molecule has 132 valence electrons. The third-order valence-electron chi connectivity index (χ3n) is 7.27. The van der Waals surface area contributed by atoms with Gasteiger partial charge in [0.25, 0.3) is 0 Å². The Morgan fingerprint density at radius 3 is 2.80 bits per heavy atom. The van der Waals surface area contributed by atoms with Crippen molar-refractivity contribution in [2.24, 2.45) is 16.7 Å². The molecular weight excluding hydrogens is 312 g/mol. The van der Waals surface area contributed by atoms with Crippen molar-refractivity contribution in [3.8, 4) is 5.75 Å². The molecular formula is C22H26O3. The summed E-state index contributed by atoms with van der Waals surface area (Å²) < 4.78 is 5.26. The van der Waals surface area contributed by atoms with Gasteiger partial charge in [-0.1, -0.05) is 19.1 Å². The Hall–Kier alpha value is -1.90. The van der Waals surface area contributed by atoms with Crippen LogP contribution < -0.4 is 4.74 Å². The number of benzene rings is 1. The van der Waals surface area contributed by atoms with Gasteiger partial charge in [0.15, 0.2) is 0 Å². The molecule has 1 aromatic rings. The average Bonchev–Trinajstić information content (AvgIpc) is 2.89. The molecule has 3 aliphatic carbocycles. The second-order valence-corrected chi connectivity index (χ2v) is 8.29. The van der Waals surface area contributed by atoms with Crippen molar-refractivity contribution >= 4 is 11.8 Å². The van der Waals surface area contributed by atoms with Crippen LogP contribution in [0.25, 0.3) is 0 Å². The first-order valence-corrected chi connectivity index (χ1v) is 9.39. The van der Waals surface area contributed by atoms with Gasteiger partial charge < -0.3 is 4.74 Å². The number of ketones is 1. The van der Waals surface area contributed by atoms with E-state index in [1.807, 2.05) is 12.1 Å². The van der Waals surface area contributed by atoms with Crippen molar-refractivity contribution in [2.45, 2.75) is 58.3 Å². The van der Waals surface area contributed by atoms with Gasteiger partial charge in [0.05, 0.1) is 0 Å². The molecule has 4 rings (SSSR count). The van der Waals surface area contributed by atoms with E-state index < -0.39 is 0 Å². The fraction of sp³-hybridized carbons (Fsp3) is 0.545. The Kier molecular flexibility index (Phi) is 3.68. The molecule has 3 heteroatoms. The molecule has 0 N–H and O–H groups in total. The van der Waals surface area contributed by atoms with Crippen LogP contribution in [-0.2, 0) is 16.0 Å². The number of hydrogen-bond acceptors (Lipinski definition) is 3. The highest BCUT2D eigenvalue weighted by molar-refractivity contribution is 5.87. The summed E-state index contributed by atoms with van der Waals surface area (Å²) in [5, 5.41) is 0. The van der Waals surface area contributed by atoms with Crippen molar-refractivity contribution in [2.75, 3.05) is 0 Å². The van der Waals surface area contributed by atoms with Crippen LogP contribution in [0.15, 0.2) is 30.9 Å². The Balaban J connectivity index is 1.75. The molecule has 4 atom stereocenters. The Morgan fingerprint density at radius 2 is 2.08 bits per heavy atom. The molecule has 0 aliphatic heterocycles. The minimum absolute atomic E-state index is 0.0229. The minimum Gasteiger partial charge on any atom is -0.427 e. The van der Waals surface area contributed by atoms with Crippen LogP contribution in [0, 0.1) is 16.7 Å². The SMILES string of the molecule is C=C[C@@]12CCc3cc(OC(C)=O)ccc3C1CC[C@]1(C)C(=O)CCC21. The first-order valence-electron chi connectivity index (χ1n) is 9.39. The van der Waals surface area contributed by atoms with Crippen LogP contribution in [0.2, 0.25) is 0 Å². The number of ether oxygens (including phenoxy) is 1. The van der Waals surface area contributed by atoms with E-state index in [2.05, 4.69) is 25.6 Å². The highest BCUT2D eigenvalue weighted by Gasteiger charge is 2.60. The summed E-state index contributed by atoms with van der Waals surface area (Å²) in [5.41, 5.74) is 2.51. The lowest BCUT2D eigenvalue weighted by Crippen LogP contribution is -2.49. The molecule has 0 spiro atoms. The predicted molar refractivity (Wildman–Crippen MR) is 96.5 cm³/mol. The quantitative estimate of drug-likeness (QED) is 0.450. The summed E-state index contributed by atoms with van der Waals surface area (Å²) in [6.07, 6.45) is 7.88. The fourth-order valence-electron chi connectivity index (χ4n) is 6.10. The lowest BCUT2D eigenvalue weighted by molar-refractivity contribution is -0.132. The van der Waals surface area contributed by atoms with E-state index in [0.29, 0.717) is 23.4 Å². The molecule has 2 unspecified atom stereocenters. The van der Waals surface area contributed by atoms with Gasteiger partial charge in [-0.05, 0) is 72.6 Å². The van der Waals surface area contributed by atoms with Crippen LogP contribution in [0.5, 0.6) is 5.75 Å². The van der Waals surface area contributed by atoms with Crippen molar-refractivity contribution in [3.05, 3.63) is 42.0 Å². The summed E-state index contributed by atoms with van der Waals surface area (Å²) in [5.74, 6) is 1.63. The molecule has 3 nitrogen and oxygen atoms in total. The second kappa shape index (κ2) is 5.55. The molecule has 3 aliphatic rings. The molecule has 0 bridgehead atoms. The lowest BCUT2D eigenvalue weighted by atomic mass is 9.47. The predicted octanol–water partition coefficient (Wildman–Crippen LogP) is 4.59. The zero-order valence-corrected chi connectivity index (χ0v) is 15.1.